The molecule has 18 heavy (non-hydrogen) atoms. The molecule has 0 fully saturated rings. The first kappa shape index (κ1) is 12.7. The van der Waals surface area contributed by atoms with E-state index in [2.05, 4.69) is 5.32 Å². The van der Waals surface area contributed by atoms with Crippen LogP contribution in [0.15, 0.2) is 12.1 Å². The van der Waals surface area contributed by atoms with Crippen LogP contribution in [0.3, 0.4) is 0 Å². The molecule has 1 amide bonds. The first-order chi connectivity index (χ1) is 8.56. The van der Waals surface area contributed by atoms with Crippen molar-refractivity contribution in [2.45, 2.75) is 12.5 Å². The lowest BCUT2D eigenvalue weighted by molar-refractivity contribution is -0.120. The quantitative estimate of drug-likeness (QED) is 0.873. The van der Waals surface area contributed by atoms with Crippen molar-refractivity contribution >= 4 is 11.6 Å². The Balaban J connectivity index is 2.40. The van der Waals surface area contributed by atoms with Gasteiger partial charge in [0, 0.05) is 11.8 Å². The molecule has 0 saturated carbocycles. The molecule has 0 bridgehead atoms. The van der Waals surface area contributed by atoms with E-state index in [1.807, 2.05) is 25.1 Å². The summed E-state index contributed by atoms with van der Waals surface area (Å²) in [5.74, 6) is 1.32. The molecule has 0 saturated heterocycles. The van der Waals surface area contributed by atoms with Gasteiger partial charge in [0.15, 0.2) is 11.5 Å². The van der Waals surface area contributed by atoms with Gasteiger partial charge in [-0.15, -0.1) is 0 Å². The highest BCUT2D eigenvalue weighted by atomic mass is 16.5. The third-order valence-electron chi connectivity index (χ3n) is 3.21. The van der Waals surface area contributed by atoms with E-state index >= 15 is 0 Å². The number of hydrogen-bond acceptors (Lipinski definition) is 4. The molecular formula is C13H18N2O3. The second kappa shape index (κ2) is 4.86. The third-order valence-corrected chi connectivity index (χ3v) is 3.21. The Labute approximate surface area is 107 Å². The van der Waals surface area contributed by atoms with Gasteiger partial charge < -0.3 is 14.8 Å². The average molecular weight is 250 g/mol. The van der Waals surface area contributed by atoms with Crippen LogP contribution in [0.25, 0.3) is 0 Å². The van der Waals surface area contributed by atoms with Crippen LogP contribution in [0.5, 0.6) is 11.5 Å². The monoisotopic (exact) mass is 250 g/mol. The van der Waals surface area contributed by atoms with Crippen LogP contribution in [0, 0.1) is 0 Å². The van der Waals surface area contributed by atoms with E-state index in [1.165, 1.54) is 0 Å². The highest BCUT2D eigenvalue weighted by Crippen LogP contribution is 2.36. The van der Waals surface area contributed by atoms with Crippen molar-refractivity contribution in [3.8, 4) is 11.5 Å². The topological polar surface area (TPSA) is 50.8 Å². The smallest absolute Gasteiger partial charge is 0.242 e. The second-order valence-corrected chi connectivity index (χ2v) is 4.54. The average Bonchev–Trinajstić information content (AvgIpc) is 2.36. The van der Waals surface area contributed by atoms with Crippen molar-refractivity contribution in [1.29, 1.82) is 0 Å². The normalized spacial score (nSPS) is 18.3. The first-order valence-electron chi connectivity index (χ1n) is 5.79. The zero-order chi connectivity index (χ0) is 13.3. The number of nitrogens with one attached hydrogen (secondary N) is 1. The molecule has 1 heterocycles. The SMILES string of the molecule is COc1cc2c(cc1OC)NC(=O)[C@@H](N(C)C)C2. The summed E-state index contributed by atoms with van der Waals surface area (Å²) < 4.78 is 10.5. The highest BCUT2D eigenvalue weighted by Gasteiger charge is 2.28. The summed E-state index contributed by atoms with van der Waals surface area (Å²) in [5.41, 5.74) is 1.86. The van der Waals surface area contributed by atoms with Crippen LogP contribution in [0.4, 0.5) is 5.69 Å². The number of carbonyl (C=O) groups is 1. The number of hydrogen-bond donors (Lipinski definition) is 1. The van der Waals surface area contributed by atoms with Gasteiger partial charge >= 0.3 is 0 Å². The number of anilines is 1. The molecule has 1 aromatic rings. The number of likely N-dealkylation sites (N-methyl/N-ethyl adjacent to an activating group) is 1. The predicted molar refractivity (Wildman–Crippen MR) is 69.4 cm³/mol. The first-order valence-corrected chi connectivity index (χ1v) is 5.79. The molecule has 1 aliphatic heterocycles. The molecule has 0 aliphatic carbocycles. The van der Waals surface area contributed by atoms with Crippen LogP contribution < -0.4 is 14.8 Å². The largest absolute Gasteiger partial charge is 0.493 e. The molecule has 1 N–H and O–H groups in total. The van der Waals surface area contributed by atoms with Crippen molar-refractivity contribution < 1.29 is 14.3 Å². The Kier molecular flexibility index (Phi) is 3.43. The van der Waals surface area contributed by atoms with Gasteiger partial charge in [-0.3, -0.25) is 9.69 Å². The van der Waals surface area contributed by atoms with E-state index in [9.17, 15) is 4.79 Å². The lowest BCUT2D eigenvalue weighted by Crippen LogP contribution is -2.44. The molecule has 1 aromatic carbocycles. The summed E-state index contributed by atoms with van der Waals surface area (Å²) in [6, 6.07) is 3.58. The molecule has 1 atom stereocenters. The van der Waals surface area contributed by atoms with Crippen molar-refractivity contribution in [2.75, 3.05) is 33.6 Å². The number of benzene rings is 1. The number of fused-ring (bicyclic) bond motifs is 1. The lowest BCUT2D eigenvalue weighted by atomic mass is 9.97. The van der Waals surface area contributed by atoms with Gasteiger partial charge in [0.2, 0.25) is 5.91 Å². The Bertz CT molecular complexity index is 472. The maximum atomic E-state index is 11.9. The third kappa shape index (κ3) is 2.13. The Hall–Kier alpha value is -1.75. The Morgan fingerprint density at radius 1 is 1.22 bits per heavy atom. The Morgan fingerprint density at radius 3 is 2.39 bits per heavy atom. The molecule has 0 unspecified atom stereocenters. The molecule has 0 aromatic heterocycles. The molecule has 0 radical (unpaired) electrons. The zero-order valence-corrected chi connectivity index (χ0v) is 11.1. The second-order valence-electron chi connectivity index (χ2n) is 4.54. The van der Waals surface area contributed by atoms with Crippen molar-refractivity contribution in [3.05, 3.63) is 17.7 Å². The van der Waals surface area contributed by atoms with Crippen LogP contribution in [-0.2, 0) is 11.2 Å². The molecule has 0 spiro atoms. The summed E-state index contributed by atoms with van der Waals surface area (Å²) in [7, 11) is 6.98. The fourth-order valence-corrected chi connectivity index (χ4v) is 2.14. The van der Waals surface area contributed by atoms with Gasteiger partial charge in [0.1, 0.15) is 0 Å². The number of amides is 1. The minimum atomic E-state index is -0.143. The minimum Gasteiger partial charge on any atom is -0.493 e. The van der Waals surface area contributed by atoms with Gasteiger partial charge in [-0.25, -0.2) is 0 Å². The molecule has 98 valence electrons. The highest BCUT2D eigenvalue weighted by molar-refractivity contribution is 5.98. The minimum absolute atomic E-state index is 0.0136. The summed E-state index contributed by atoms with van der Waals surface area (Å²) >= 11 is 0. The van der Waals surface area contributed by atoms with E-state index in [1.54, 1.807) is 20.3 Å². The maximum absolute atomic E-state index is 11.9. The number of carbonyl (C=O) groups excluding carboxylic acids is 1. The maximum Gasteiger partial charge on any atom is 0.242 e. The summed E-state index contributed by atoms with van der Waals surface area (Å²) in [6.07, 6.45) is 0.675. The molecule has 5 nitrogen and oxygen atoms in total. The standard InChI is InChI=1S/C13H18N2O3/c1-15(2)10-5-8-6-11(17-3)12(18-4)7-9(8)14-13(10)16/h6-7,10H,5H2,1-4H3,(H,14,16)/t10-/m0/s1. The van der Waals surface area contributed by atoms with Gasteiger partial charge in [0.05, 0.1) is 20.3 Å². The van der Waals surface area contributed by atoms with Gasteiger partial charge in [-0.1, -0.05) is 0 Å². The van der Waals surface area contributed by atoms with Crippen molar-refractivity contribution in [3.63, 3.8) is 0 Å². The van der Waals surface area contributed by atoms with Gasteiger partial charge in [-0.05, 0) is 32.1 Å². The Morgan fingerprint density at radius 2 is 1.83 bits per heavy atom. The van der Waals surface area contributed by atoms with Crippen molar-refractivity contribution in [2.24, 2.45) is 0 Å². The van der Waals surface area contributed by atoms with Crippen LogP contribution in [0.2, 0.25) is 0 Å². The summed E-state index contributed by atoms with van der Waals surface area (Å²) in [5, 5.41) is 2.90. The predicted octanol–water partition coefficient (Wildman–Crippen LogP) is 1.13. The van der Waals surface area contributed by atoms with Crippen LogP contribution in [0.1, 0.15) is 5.56 Å². The fraction of sp³-hybridized carbons (Fsp3) is 0.462. The zero-order valence-electron chi connectivity index (χ0n) is 11.1. The summed E-state index contributed by atoms with van der Waals surface area (Å²) in [6.45, 7) is 0. The van der Waals surface area contributed by atoms with E-state index in [4.69, 9.17) is 9.47 Å². The lowest BCUT2D eigenvalue weighted by Gasteiger charge is -2.29. The van der Waals surface area contributed by atoms with Gasteiger partial charge in [-0.2, -0.15) is 0 Å². The van der Waals surface area contributed by atoms with Gasteiger partial charge in [0.25, 0.3) is 0 Å². The van der Waals surface area contributed by atoms with Crippen LogP contribution in [-0.4, -0.2) is 45.2 Å². The number of methoxy groups -OCH3 is 2. The molecule has 5 heteroatoms. The van der Waals surface area contributed by atoms with E-state index in [0.717, 1.165) is 11.3 Å². The number of rotatable bonds is 3. The molecular weight excluding hydrogens is 232 g/mol. The summed E-state index contributed by atoms with van der Waals surface area (Å²) in [4.78, 5) is 13.8. The fourth-order valence-electron chi connectivity index (χ4n) is 2.14. The van der Waals surface area contributed by atoms with E-state index in [0.29, 0.717) is 17.9 Å². The van der Waals surface area contributed by atoms with Crippen molar-refractivity contribution in [1.82, 2.24) is 4.90 Å². The van der Waals surface area contributed by atoms with E-state index in [-0.39, 0.29) is 11.9 Å². The number of ether oxygens (including phenoxy) is 2. The van der Waals surface area contributed by atoms with E-state index < -0.39 is 0 Å². The number of nitrogens with zero attached hydrogens (tertiary/aromatic N) is 1. The molecule has 2 rings (SSSR count). The van der Waals surface area contributed by atoms with Crippen LogP contribution >= 0.6 is 0 Å². The molecule has 1 aliphatic rings.